The molecule has 5 rings (SSSR count). The average Bonchev–Trinajstić information content (AvgIpc) is 3.31. The van der Waals surface area contributed by atoms with E-state index in [0.717, 1.165) is 50.0 Å². The number of benzene rings is 2. The molecule has 0 aliphatic carbocycles. The summed E-state index contributed by atoms with van der Waals surface area (Å²) in [5, 5.41) is 3.52. The molecule has 2 aromatic carbocycles. The van der Waals surface area contributed by atoms with E-state index in [1.54, 1.807) is 17.5 Å². The molecule has 0 aliphatic heterocycles. The first kappa shape index (κ1) is 21.0. The summed E-state index contributed by atoms with van der Waals surface area (Å²) in [4.78, 5) is 17.7. The van der Waals surface area contributed by atoms with Crippen molar-refractivity contribution in [2.45, 2.75) is 26.5 Å². The van der Waals surface area contributed by atoms with Gasteiger partial charge in [-0.15, -0.1) is 11.3 Å². The summed E-state index contributed by atoms with van der Waals surface area (Å²) in [6, 6.07) is 20.3. The predicted octanol–water partition coefficient (Wildman–Crippen LogP) is 6.21. The Morgan fingerprint density at radius 2 is 1.97 bits per heavy atom. The van der Waals surface area contributed by atoms with Crippen LogP contribution in [0.4, 0.5) is 5.82 Å². The lowest BCUT2D eigenvalue weighted by Crippen LogP contribution is -2.09. The Morgan fingerprint density at radius 1 is 1.03 bits per heavy atom. The van der Waals surface area contributed by atoms with E-state index in [1.807, 2.05) is 55.0 Å². The number of fused-ring (bicyclic) bond motifs is 1. The van der Waals surface area contributed by atoms with Crippen molar-refractivity contribution >= 4 is 27.4 Å². The smallest absolute Gasteiger partial charge is 0.130 e. The number of aromatic nitrogens is 4. The van der Waals surface area contributed by atoms with Gasteiger partial charge in [-0.1, -0.05) is 24.3 Å². The van der Waals surface area contributed by atoms with Gasteiger partial charge in [0, 0.05) is 29.6 Å². The van der Waals surface area contributed by atoms with Gasteiger partial charge in [0.05, 0.1) is 27.5 Å². The first-order valence-electron chi connectivity index (χ1n) is 10.7. The monoisotopic (exact) mass is 453 g/mol. The third-order valence-corrected chi connectivity index (χ3v) is 6.11. The van der Waals surface area contributed by atoms with E-state index in [-0.39, 0.29) is 6.04 Å². The topological polar surface area (TPSA) is 72.8 Å². The number of ether oxygens (including phenoxy) is 1. The van der Waals surface area contributed by atoms with Crippen LogP contribution in [-0.2, 0) is 6.61 Å². The molecule has 0 amide bonds. The highest BCUT2D eigenvalue weighted by molar-refractivity contribution is 7.16. The van der Waals surface area contributed by atoms with Gasteiger partial charge in [-0.3, -0.25) is 4.98 Å². The van der Waals surface area contributed by atoms with E-state index in [9.17, 15) is 0 Å². The Hall–Kier alpha value is -3.84. The number of hydrogen-bond donors (Lipinski definition) is 1. The van der Waals surface area contributed by atoms with Crippen LogP contribution in [0.1, 0.15) is 29.9 Å². The van der Waals surface area contributed by atoms with Crippen molar-refractivity contribution in [3.8, 4) is 17.0 Å². The lowest BCUT2D eigenvalue weighted by Gasteiger charge is -2.17. The van der Waals surface area contributed by atoms with Crippen molar-refractivity contribution in [3.05, 3.63) is 95.5 Å². The van der Waals surface area contributed by atoms with E-state index < -0.39 is 0 Å². The number of hydrogen-bond acceptors (Lipinski definition) is 7. The van der Waals surface area contributed by atoms with Gasteiger partial charge in [0.15, 0.2) is 0 Å². The van der Waals surface area contributed by atoms with Gasteiger partial charge in [0.2, 0.25) is 0 Å². The number of aryl methyl sites for hydroxylation is 1. The Morgan fingerprint density at radius 3 is 2.85 bits per heavy atom. The summed E-state index contributed by atoms with van der Waals surface area (Å²) in [5.74, 6) is 2.33. The van der Waals surface area contributed by atoms with Crippen molar-refractivity contribution in [1.29, 1.82) is 0 Å². The first-order chi connectivity index (χ1) is 16.1. The zero-order valence-electron chi connectivity index (χ0n) is 18.4. The molecule has 1 atom stereocenters. The summed E-state index contributed by atoms with van der Waals surface area (Å²) < 4.78 is 7.11. The Bertz CT molecular complexity index is 1390. The fourth-order valence-electron chi connectivity index (χ4n) is 3.63. The van der Waals surface area contributed by atoms with E-state index in [1.165, 1.54) is 0 Å². The molecule has 0 fully saturated rings. The summed E-state index contributed by atoms with van der Waals surface area (Å²) in [6.07, 6.45) is 3.57. The Labute approximate surface area is 196 Å². The SMILES string of the molecule is Cc1nc(NC(C)c2cccc(OCc3cccnc3)c2)cc(-c2ccc3ncsc3c2)n1. The van der Waals surface area contributed by atoms with Gasteiger partial charge in [-0.2, -0.15) is 0 Å². The number of pyridine rings is 1. The minimum Gasteiger partial charge on any atom is -0.489 e. The zero-order chi connectivity index (χ0) is 22.6. The van der Waals surface area contributed by atoms with Crippen molar-refractivity contribution in [2.75, 3.05) is 5.32 Å². The minimum atomic E-state index is 0.0399. The Balaban J connectivity index is 1.32. The van der Waals surface area contributed by atoms with Gasteiger partial charge < -0.3 is 10.1 Å². The van der Waals surface area contributed by atoms with Crippen molar-refractivity contribution < 1.29 is 4.74 Å². The molecule has 164 valence electrons. The van der Waals surface area contributed by atoms with E-state index >= 15 is 0 Å². The molecule has 0 saturated carbocycles. The quantitative estimate of drug-likeness (QED) is 0.316. The standard InChI is InChI=1S/C26H23N5OS/c1-17(20-6-3-7-22(11-20)32-15-19-5-4-10-27-14-19)29-26-13-24(30-18(2)31-26)21-8-9-23-25(12-21)33-16-28-23/h3-14,16-17H,15H2,1-2H3,(H,29,30,31). The molecule has 0 radical (unpaired) electrons. The second kappa shape index (κ2) is 9.34. The summed E-state index contributed by atoms with van der Waals surface area (Å²) in [6.45, 7) is 4.51. The first-order valence-corrected chi connectivity index (χ1v) is 11.6. The molecule has 3 aromatic heterocycles. The number of thiazole rings is 1. The molecule has 1 N–H and O–H groups in total. The molecule has 0 saturated heterocycles. The van der Waals surface area contributed by atoms with Crippen LogP contribution in [0, 0.1) is 6.92 Å². The fraction of sp³-hybridized carbons (Fsp3) is 0.154. The van der Waals surface area contributed by atoms with Crippen LogP contribution in [-0.4, -0.2) is 19.9 Å². The molecule has 0 aliphatic rings. The molecule has 33 heavy (non-hydrogen) atoms. The maximum atomic E-state index is 5.96. The maximum Gasteiger partial charge on any atom is 0.130 e. The number of anilines is 1. The second-order valence-corrected chi connectivity index (χ2v) is 8.70. The van der Waals surface area contributed by atoms with Gasteiger partial charge in [0.25, 0.3) is 0 Å². The van der Waals surface area contributed by atoms with Crippen LogP contribution in [0.15, 0.2) is 78.6 Å². The van der Waals surface area contributed by atoms with Crippen LogP contribution < -0.4 is 10.1 Å². The molecule has 6 nitrogen and oxygen atoms in total. The highest BCUT2D eigenvalue weighted by Crippen LogP contribution is 2.28. The molecule has 3 heterocycles. The Kier molecular flexibility index (Phi) is 5.95. The lowest BCUT2D eigenvalue weighted by molar-refractivity contribution is 0.305. The predicted molar refractivity (Wildman–Crippen MR) is 132 cm³/mol. The minimum absolute atomic E-state index is 0.0399. The molecular weight excluding hydrogens is 430 g/mol. The fourth-order valence-corrected chi connectivity index (χ4v) is 4.35. The van der Waals surface area contributed by atoms with Crippen molar-refractivity contribution in [1.82, 2.24) is 19.9 Å². The molecule has 1 unspecified atom stereocenters. The normalized spacial score (nSPS) is 11.9. The van der Waals surface area contributed by atoms with Crippen LogP contribution in [0.3, 0.4) is 0 Å². The van der Waals surface area contributed by atoms with Crippen LogP contribution in [0.25, 0.3) is 21.5 Å². The molecule has 0 spiro atoms. The van der Waals surface area contributed by atoms with E-state index in [0.29, 0.717) is 6.61 Å². The van der Waals surface area contributed by atoms with E-state index in [4.69, 9.17) is 4.74 Å². The van der Waals surface area contributed by atoms with Crippen LogP contribution >= 0.6 is 11.3 Å². The van der Waals surface area contributed by atoms with Crippen LogP contribution in [0.5, 0.6) is 5.75 Å². The second-order valence-electron chi connectivity index (χ2n) is 7.81. The lowest BCUT2D eigenvalue weighted by atomic mass is 10.1. The molecule has 7 heteroatoms. The van der Waals surface area contributed by atoms with Gasteiger partial charge in [-0.05, 0) is 49.7 Å². The molecular formula is C26H23N5OS. The van der Waals surface area contributed by atoms with Gasteiger partial charge >= 0.3 is 0 Å². The number of nitrogens with zero attached hydrogens (tertiary/aromatic N) is 4. The third kappa shape index (κ3) is 4.99. The maximum absolute atomic E-state index is 5.96. The van der Waals surface area contributed by atoms with E-state index in [2.05, 4.69) is 56.4 Å². The zero-order valence-corrected chi connectivity index (χ0v) is 19.2. The van der Waals surface area contributed by atoms with Gasteiger partial charge in [0.1, 0.15) is 24.0 Å². The third-order valence-electron chi connectivity index (χ3n) is 5.32. The highest BCUT2D eigenvalue weighted by atomic mass is 32.1. The van der Waals surface area contributed by atoms with Crippen LogP contribution in [0.2, 0.25) is 0 Å². The summed E-state index contributed by atoms with van der Waals surface area (Å²) >= 11 is 1.63. The summed E-state index contributed by atoms with van der Waals surface area (Å²) in [5.41, 5.74) is 6.97. The van der Waals surface area contributed by atoms with Crippen molar-refractivity contribution in [2.24, 2.45) is 0 Å². The number of nitrogens with one attached hydrogen (secondary N) is 1. The highest BCUT2D eigenvalue weighted by Gasteiger charge is 2.11. The molecule has 0 bridgehead atoms. The molecule has 5 aromatic rings. The van der Waals surface area contributed by atoms with Gasteiger partial charge in [-0.25, -0.2) is 15.0 Å². The average molecular weight is 454 g/mol. The number of rotatable bonds is 7. The largest absolute Gasteiger partial charge is 0.489 e. The van der Waals surface area contributed by atoms with Crippen molar-refractivity contribution in [3.63, 3.8) is 0 Å². The summed E-state index contributed by atoms with van der Waals surface area (Å²) in [7, 11) is 0.